The number of nitrogens with one attached hydrogen (secondary N) is 2. The molecule has 0 fully saturated rings. The molecule has 0 aliphatic heterocycles. The molecule has 3 rings (SSSR count). The molecule has 2 heterocycles. The second-order valence-electron chi connectivity index (χ2n) is 7.71. The Hall–Kier alpha value is -2.75. The van der Waals surface area contributed by atoms with Crippen LogP contribution in [0.1, 0.15) is 74.7 Å². The average molecular weight is 448 g/mol. The lowest BCUT2D eigenvalue weighted by molar-refractivity contribution is -0.143. The number of thiazole rings is 1. The normalized spacial score (nSPS) is 12.7. The highest BCUT2D eigenvalue weighted by molar-refractivity contribution is 7.19. The fourth-order valence-electron chi connectivity index (χ4n) is 3.60. The van der Waals surface area contributed by atoms with Gasteiger partial charge in [-0.05, 0) is 46.5 Å². The zero-order valence-electron chi connectivity index (χ0n) is 18.4. The maximum absolute atomic E-state index is 12.9. The quantitative estimate of drug-likeness (QED) is 0.475. The third-order valence-corrected chi connectivity index (χ3v) is 5.92. The Morgan fingerprint density at radius 2 is 2.03 bits per heavy atom. The Kier molecular flexibility index (Phi) is 7.42. The highest BCUT2D eigenvalue weighted by atomic mass is 32.1. The van der Waals surface area contributed by atoms with Gasteiger partial charge in [0.15, 0.2) is 10.8 Å². The van der Waals surface area contributed by atoms with Gasteiger partial charge in [-0.15, -0.1) is 0 Å². The van der Waals surface area contributed by atoms with Crippen LogP contribution in [0.5, 0.6) is 0 Å². The van der Waals surface area contributed by atoms with Crippen molar-refractivity contribution >= 4 is 34.3 Å². The number of aryl methyl sites for hydroxylation is 1. The van der Waals surface area contributed by atoms with Crippen molar-refractivity contribution < 1.29 is 19.1 Å². The Morgan fingerprint density at radius 3 is 2.71 bits per heavy atom. The van der Waals surface area contributed by atoms with Crippen molar-refractivity contribution in [3.63, 3.8) is 0 Å². The number of ether oxygens (including phenoxy) is 1. The molecule has 0 aromatic carbocycles. The summed E-state index contributed by atoms with van der Waals surface area (Å²) in [6.45, 7) is 8.00. The number of anilines is 1. The zero-order valence-corrected chi connectivity index (χ0v) is 19.2. The first-order valence-electron chi connectivity index (χ1n) is 10.6. The van der Waals surface area contributed by atoms with Gasteiger partial charge in [0.1, 0.15) is 0 Å². The van der Waals surface area contributed by atoms with Crippen LogP contribution in [0.4, 0.5) is 5.13 Å². The molecule has 168 valence electrons. The molecule has 0 bridgehead atoms. The molecule has 0 atom stereocenters. The number of hydrogen-bond donors (Lipinski definition) is 2. The molecule has 1 aliphatic carbocycles. The predicted octanol–water partition coefficient (Wildman–Crippen LogP) is 3.11. The van der Waals surface area contributed by atoms with Crippen molar-refractivity contribution in [2.45, 2.75) is 65.8 Å². The first kappa shape index (κ1) is 22.9. The average Bonchev–Trinajstić information content (AvgIpc) is 3.22. The Balaban J connectivity index is 1.85. The summed E-state index contributed by atoms with van der Waals surface area (Å²) in [4.78, 5) is 41.4. The number of aromatic nitrogens is 3. The molecule has 2 aromatic heterocycles. The van der Waals surface area contributed by atoms with Gasteiger partial charge in [-0.1, -0.05) is 11.3 Å². The van der Waals surface area contributed by atoms with Crippen LogP contribution in [-0.2, 0) is 27.2 Å². The second-order valence-corrected chi connectivity index (χ2v) is 8.71. The molecule has 1 aliphatic rings. The predicted molar refractivity (Wildman–Crippen MR) is 118 cm³/mol. The summed E-state index contributed by atoms with van der Waals surface area (Å²) in [5.41, 5.74) is 3.17. The van der Waals surface area contributed by atoms with Gasteiger partial charge in [0.25, 0.3) is 5.91 Å². The van der Waals surface area contributed by atoms with Crippen LogP contribution in [0.2, 0.25) is 0 Å². The SMILES string of the molecule is CCOC(=O)CCCNC(=O)c1nn(C(C)C)c2c1CCCc1nc(NC(C)=O)sc1-2. The van der Waals surface area contributed by atoms with Gasteiger partial charge in [-0.3, -0.25) is 19.1 Å². The summed E-state index contributed by atoms with van der Waals surface area (Å²) in [6.07, 6.45) is 3.13. The molecule has 31 heavy (non-hydrogen) atoms. The minimum absolute atomic E-state index is 0.0522. The summed E-state index contributed by atoms with van der Waals surface area (Å²) in [7, 11) is 0. The molecule has 9 nitrogen and oxygen atoms in total. The third-order valence-electron chi connectivity index (χ3n) is 4.90. The number of carbonyl (C=O) groups excluding carboxylic acids is 3. The van der Waals surface area contributed by atoms with E-state index in [0.29, 0.717) is 30.4 Å². The van der Waals surface area contributed by atoms with Crippen LogP contribution in [0, 0.1) is 0 Å². The number of fused-ring (bicyclic) bond motifs is 3. The summed E-state index contributed by atoms with van der Waals surface area (Å²) >= 11 is 1.42. The van der Waals surface area contributed by atoms with Gasteiger partial charge in [-0.25, -0.2) is 4.98 Å². The van der Waals surface area contributed by atoms with E-state index in [4.69, 9.17) is 4.74 Å². The second kappa shape index (κ2) is 10.0. The van der Waals surface area contributed by atoms with Gasteiger partial charge in [-0.2, -0.15) is 5.10 Å². The van der Waals surface area contributed by atoms with Crippen LogP contribution in [0.15, 0.2) is 0 Å². The van der Waals surface area contributed by atoms with E-state index in [1.54, 1.807) is 6.92 Å². The first-order chi connectivity index (χ1) is 14.8. The van der Waals surface area contributed by atoms with Gasteiger partial charge in [0, 0.05) is 31.5 Å². The molecule has 0 radical (unpaired) electrons. The van der Waals surface area contributed by atoms with Crippen molar-refractivity contribution in [3.05, 3.63) is 17.0 Å². The largest absolute Gasteiger partial charge is 0.466 e. The van der Waals surface area contributed by atoms with Crippen molar-refractivity contribution in [2.75, 3.05) is 18.5 Å². The molecular weight excluding hydrogens is 418 g/mol. The van der Waals surface area contributed by atoms with Crippen molar-refractivity contribution in [1.29, 1.82) is 0 Å². The number of esters is 1. The number of nitrogens with zero attached hydrogens (tertiary/aromatic N) is 3. The minimum Gasteiger partial charge on any atom is -0.466 e. The van der Waals surface area contributed by atoms with E-state index in [-0.39, 0.29) is 30.2 Å². The Morgan fingerprint density at radius 1 is 1.26 bits per heavy atom. The summed E-state index contributed by atoms with van der Waals surface area (Å²) < 4.78 is 6.79. The van der Waals surface area contributed by atoms with Crippen molar-refractivity contribution in [2.24, 2.45) is 0 Å². The van der Waals surface area contributed by atoms with Crippen LogP contribution >= 0.6 is 11.3 Å². The van der Waals surface area contributed by atoms with E-state index >= 15 is 0 Å². The molecule has 0 unspecified atom stereocenters. The number of rotatable bonds is 8. The van der Waals surface area contributed by atoms with E-state index in [1.165, 1.54) is 18.3 Å². The topological polar surface area (TPSA) is 115 Å². The molecule has 0 saturated carbocycles. The third kappa shape index (κ3) is 5.30. The lowest BCUT2D eigenvalue weighted by Crippen LogP contribution is -2.26. The smallest absolute Gasteiger partial charge is 0.305 e. The van der Waals surface area contributed by atoms with Gasteiger partial charge in [0.05, 0.1) is 22.9 Å². The van der Waals surface area contributed by atoms with E-state index in [2.05, 4.69) is 20.7 Å². The molecule has 10 heteroatoms. The summed E-state index contributed by atoms with van der Waals surface area (Å²) in [5, 5.41) is 10.9. The minimum atomic E-state index is -0.262. The maximum atomic E-state index is 12.9. The fraction of sp³-hybridized carbons (Fsp3) is 0.571. The van der Waals surface area contributed by atoms with Crippen LogP contribution in [0.3, 0.4) is 0 Å². The highest BCUT2D eigenvalue weighted by Gasteiger charge is 2.30. The van der Waals surface area contributed by atoms with E-state index in [1.807, 2.05) is 18.5 Å². The molecule has 2 aromatic rings. The first-order valence-corrected chi connectivity index (χ1v) is 11.5. The molecule has 2 amide bonds. The van der Waals surface area contributed by atoms with E-state index in [0.717, 1.165) is 41.1 Å². The molecule has 2 N–H and O–H groups in total. The maximum Gasteiger partial charge on any atom is 0.305 e. The number of carbonyl (C=O) groups is 3. The van der Waals surface area contributed by atoms with Crippen LogP contribution in [0.25, 0.3) is 10.6 Å². The number of amides is 2. The number of hydrogen-bond acceptors (Lipinski definition) is 7. The molecule has 0 saturated heterocycles. The monoisotopic (exact) mass is 447 g/mol. The Bertz CT molecular complexity index is 979. The van der Waals surface area contributed by atoms with E-state index < -0.39 is 0 Å². The van der Waals surface area contributed by atoms with Gasteiger partial charge >= 0.3 is 5.97 Å². The summed E-state index contributed by atoms with van der Waals surface area (Å²) in [6, 6.07) is 0.0522. The van der Waals surface area contributed by atoms with Crippen LogP contribution in [-0.4, -0.2) is 45.7 Å². The van der Waals surface area contributed by atoms with Crippen LogP contribution < -0.4 is 10.6 Å². The lowest BCUT2D eigenvalue weighted by Gasteiger charge is -2.10. The van der Waals surface area contributed by atoms with Gasteiger partial charge in [0.2, 0.25) is 5.91 Å². The fourth-order valence-corrected chi connectivity index (χ4v) is 4.72. The van der Waals surface area contributed by atoms with E-state index in [9.17, 15) is 14.4 Å². The standard InChI is InChI=1S/C21H29N5O4S/c1-5-30-16(28)10-7-11-22-20(29)17-14-8-6-9-15-19(18(14)26(25-17)12(2)3)31-21(24-15)23-13(4)27/h12H,5-11H2,1-4H3,(H,22,29)(H,23,24,27). The summed E-state index contributed by atoms with van der Waals surface area (Å²) in [5.74, 6) is -0.665. The highest BCUT2D eigenvalue weighted by Crippen LogP contribution is 2.41. The van der Waals surface area contributed by atoms with Gasteiger partial charge < -0.3 is 15.4 Å². The molecule has 0 spiro atoms. The van der Waals surface area contributed by atoms with Crippen molar-refractivity contribution in [3.8, 4) is 10.6 Å². The molecular formula is C21H29N5O4S. The lowest BCUT2D eigenvalue weighted by atomic mass is 10.1. The van der Waals surface area contributed by atoms with Crippen molar-refractivity contribution in [1.82, 2.24) is 20.1 Å². The Labute approximate surface area is 185 Å². The zero-order chi connectivity index (χ0) is 22.5.